The number of thiazole rings is 1. The molecule has 4 aromatic rings. The second kappa shape index (κ2) is 10.4. The Hall–Kier alpha value is -2.78. The van der Waals surface area contributed by atoms with E-state index in [4.69, 9.17) is 27.6 Å². The lowest BCUT2D eigenvalue weighted by Crippen LogP contribution is -2.22. The number of benzene rings is 2. The lowest BCUT2D eigenvalue weighted by Gasteiger charge is -2.11. The maximum atomic E-state index is 12.7. The monoisotopic (exact) mass is 517 g/mol. The number of carbonyl (C=O) groups is 2. The zero-order valence-electron chi connectivity index (χ0n) is 17.2. The molecule has 0 saturated heterocycles. The van der Waals surface area contributed by atoms with E-state index in [9.17, 15) is 9.59 Å². The van der Waals surface area contributed by atoms with E-state index in [1.165, 1.54) is 29.4 Å². The summed E-state index contributed by atoms with van der Waals surface area (Å²) in [5, 5.41) is 8.50. The van der Waals surface area contributed by atoms with Crippen LogP contribution in [0.4, 0.5) is 10.8 Å². The first-order chi connectivity index (χ1) is 15.9. The molecule has 6 nitrogen and oxygen atoms in total. The molecule has 0 bridgehead atoms. The number of carbonyl (C=O) groups excluding carboxylic acids is 2. The zero-order valence-corrected chi connectivity index (χ0v) is 20.3. The topological polar surface area (TPSA) is 84.2 Å². The molecule has 10 heteroatoms. The third kappa shape index (κ3) is 5.97. The quantitative estimate of drug-likeness (QED) is 0.256. The summed E-state index contributed by atoms with van der Waals surface area (Å²) in [4.78, 5) is 30.2. The van der Waals surface area contributed by atoms with Gasteiger partial charge in [0, 0.05) is 21.5 Å². The summed E-state index contributed by atoms with van der Waals surface area (Å²) in [6.07, 6.45) is 1.44. The molecule has 0 aliphatic rings. The molecule has 0 aliphatic heterocycles. The normalized spacial score (nSPS) is 11.7. The molecule has 2 heterocycles. The Bertz CT molecular complexity index is 1290. The van der Waals surface area contributed by atoms with Gasteiger partial charge in [-0.3, -0.25) is 9.59 Å². The molecule has 1 atom stereocenters. The van der Waals surface area contributed by atoms with Gasteiger partial charge in [0.15, 0.2) is 10.9 Å². The lowest BCUT2D eigenvalue weighted by molar-refractivity contribution is -0.115. The molecular formula is C23H17Cl2N3O3S2. The minimum atomic E-state index is -0.390. The van der Waals surface area contributed by atoms with Gasteiger partial charge < -0.3 is 15.1 Å². The van der Waals surface area contributed by atoms with Crippen LogP contribution in [0.15, 0.2) is 75.6 Å². The Morgan fingerprint density at radius 2 is 1.91 bits per heavy atom. The number of rotatable bonds is 7. The number of aromatic nitrogens is 1. The SMILES string of the molecule is CC(Sc1cccc(NC(=O)c2ccco2)c1)C(=O)Nc1nc(-c2ccc(Cl)c(Cl)c2)cs1. The molecule has 168 valence electrons. The maximum Gasteiger partial charge on any atom is 0.291 e. The standard InChI is InChI=1S/C23H17Cl2N3O3S2/c1-13(33-16-5-2-4-15(11-16)26-22(30)20-6-3-9-31-20)21(29)28-23-27-19(12-32-23)14-7-8-17(24)18(25)10-14/h2-13H,1H3,(H,26,30)(H,27,28,29). The van der Waals surface area contributed by atoms with Gasteiger partial charge in [-0.25, -0.2) is 4.98 Å². The molecule has 0 fully saturated rings. The Labute approximate surface area is 208 Å². The lowest BCUT2D eigenvalue weighted by atomic mass is 10.2. The van der Waals surface area contributed by atoms with Crippen molar-refractivity contribution in [2.24, 2.45) is 0 Å². The number of anilines is 2. The van der Waals surface area contributed by atoms with E-state index < -0.39 is 5.25 Å². The van der Waals surface area contributed by atoms with Crippen LogP contribution in [0.1, 0.15) is 17.5 Å². The second-order valence-corrected chi connectivity index (χ2v) is 9.96. The number of hydrogen-bond donors (Lipinski definition) is 2. The summed E-state index contributed by atoms with van der Waals surface area (Å²) in [6.45, 7) is 1.81. The molecule has 0 spiro atoms. The number of furan rings is 1. The largest absolute Gasteiger partial charge is 0.459 e. The van der Waals surface area contributed by atoms with E-state index in [2.05, 4.69) is 15.6 Å². The van der Waals surface area contributed by atoms with Crippen molar-refractivity contribution in [3.8, 4) is 11.3 Å². The highest BCUT2D eigenvalue weighted by molar-refractivity contribution is 8.00. The molecule has 2 aromatic heterocycles. The van der Waals surface area contributed by atoms with Crippen molar-refractivity contribution < 1.29 is 14.0 Å². The van der Waals surface area contributed by atoms with Crippen LogP contribution in [-0.4, -0.2) is 22.0 Å². The predicted octanol–water partition coefficient (Wildman–Crippen LogP) is 7.08. The van der Waals surface area contributed by atoms with Gasteiger partial charge >= 0.3 is 0 Å². The highest BCUT2D eigenvalue weighted by atomic mass is 35.5. The van der Waals surface area contributed by atoms with Crippen molar-refractivity contribution in [3.05, 3.63) is 82.0 Å². The maximum absolute atomic E-state index is 12.7. The van der Waals surface area contributed by atoms with Crippen LogP contribution in [-0.2, 0) is 4.79 Å². The Morgan fingerprint density at radius 3 is 2.67 bits per heavy atom. The fourth-order valence-electron chi connectivity index (χ4n) is 2.83. The number of hydrogen-bond acceptors (Lipinski definition) is 6. The van der Waals surface area contributed by atoms with E-state index in [0.29, 0.717) is 26.6 Å². The van der Waals surface area contributed by atoms with Gasteiger partial charge in [-0.1, -0.05) is 35.3 Å². The number of amides is 2. The first kappa shape index (κ1) is 23.4. The third-order valence-electron chi connectivity index (χ3n) is 4.47. The van der Waals surface area contributed by atoms with Crippen LogP contribution in [0.3, 0.4) is 0 Å². The van der Waals surface area contributed by atoms with E-state index in [1.807, 2.05) is 30.5 Å². The number of nitrogens with one attached hydrogen (secondary N) is 2. The van der Waals surface area contributed by atoms with Crippen molar-refractivity contribution in [1.82, 2.24) is 4.98 Å². The Kier molecular flexibility index (Phi) is 7.39. The van der Waals surface area contributed by atoms with Crippen LogP contribution in [0.5, 0.6) is 0 Å². The molecule has 0 saturated carbocycles. The molecule has 33 heavy (non-hydrogen) atoms. The van der Waals surface area contributed by atoms with Gasteiger partial charge in [0.25, 0.3) is 5.91 Å². The summed E-state index contributed by atoms with van der Waals surface area (Å²) in [6, 6.07) is 15.8. The minimum absolute atomic E-state index is 0.180. The molecule has 4 rings (SSSR count). The number of thioether (sulfide) groups is 1. The Balaban J connectivity index is 1.37. The molecular weight excluding hydrogens is 501 g/mol. The summed E-state index contributed by atoms with van der Waals surface area (Å²) < 4.78 is 5.10. The van der Waals surface area contributed by atoms with Crippen LogP contribution < -0.4 is 10.6 Å². The number of nitrogens with zero attached hydrogens (tertiary/aromatic N) is 1. The van der Waals surface area contributed by atoms with E-state index in [-0.39, 0.29) is 17.6 Å². The van der Waals surface area contributed by atoms with E-state index >= 15 is 0 Å². The van der Waals surface area contributed by atoms with Crippen molar-refractivity contribution >= 4 is 68.9 Å². The van der Waals surface area contributed by atoms with Gasteiger partial charge in [0.05, 0.1) is 27.3 Å². The van der Waals surface area contributed by atoms with Gasteiger partial charge in [-0.2, -0.15) is 0 Å². The summed E-state index contributed by atoms with van der Waals surface area (Å²) in [7, 11) is 0. The van der Waals surface area contributed by atoms with Crippen LogP contribution in [0, 0.1) is 0 Å². The molecule has 2 N–H and O–H groups in total. The summed E-state index contributed by atoms with van der Waals surface area (Å²) >= 11 is 14.8. The van der Waals surface area contributed by atoms with Crippen molar-refractivity contribution in [2.75, 3.05) is 10.6 Å². The molecule has 0 radical (unpaired) electrons. The average Bonchev–Trinajstić information content (AvgIpc) is 3.48. The third-order valence-corrected chi connectivity index (χ3v) is 7.06. The minimum Gasteiger partial charge on any atom is -0.459 e. The average molecular weight is 518 g/mol. The highest BCUT2D eigenvalue weighted by Gasteiger charge is 2.17. The first-order valence-corrected chi connectivity index (χ1v) is 12.2. The fraction of sp³-hybridized carbons (Fsp3) is 0.0870. The fourth-order valence-corrected chi connectivity index (χ4v) is 4.78. The van der Waals surface area contributed by atoms with E-state index in [1.54, 1.807) is 36.4 Å². The first-order valence-electron chi connectivity index (χ1n) is 9.72. The van der Waals surface area contributed by atoms with Gasteiger partial charge in [-0.15, -0.1) is 23.1 Å². The molecule has 0 aliphatic carbocycles. The van der Waals surface area contributed by atoms with Gasteiger partial charge in [0.1, 0.15) is 0 Å². The Morgan fingerprint density at radius 1 is 1.06 bits per heavy atom. The zero-order chi connectivity index (χ0) is 23.4. The van der Waals surface area contributed by atoms with Gasteiger partial charge in [-0.05, 0) is 49.4 Å². The van der Waals surface area contributed by atoms with Crippen LogP contribution in [0.25, 0.3) is 11.3 Å². The summed E-state index contributed by atoms with van der Waals surface area (Å²) in [5.74, 6) is -0.293. The molecule has 2 aromatic carbocycles. The van der Waals surface area contributed by atoms with Crippen LogP contribution in [0.2, 0.25) is 10.0 Å². The molecule has 1 unspecified atom stereocenters. The van der Waals surface area contributed by atoms with Gasteiger partial charge in [0.2, 0.25) is 5.91 Å². The predicted molar refractivity (Wildman–Crippen MR) is 135 cm³/mol. The second-order valence-electron chi connectivity index (χ2n) is 6.88. The van der Waals surface area contributed by atoms with E-state index in [0.717, 1.165) is 10.5 Å². The summed E-state index contributed by atoms with van der Waals surface area (Å²) in [5.41, 5.74) is 2.13. The van der Waals surface area contributed by atoms with Crippen molar-refractivity contribution in [2.45, 2.75) is 17.1 Å². The number of halogens is 2. The highest BCUT2D eigenvalue weighted by Crippen LogP contribution is 2.31. The van der Waals surface area contributed by atoms with Crippen molar-refractivity contribution in [1.29, 1.82) is 0 Å². The van der Waals surface area contributed by atoms with Crippen LogP contribution >= 0.6 is 46.3 Å². The smallest absolute Gasteiger partial charge is 0.291 e. The van der Waals surface area contributed by atoms with Crippen molar-refractivity contribution in [3.63, 3.8) is 0 Å². The molecule has 2 amide bonds.